The van der Waals surface area contributed by atoms with Crippen molar-refractivity contribution < 1.29 is 13.6 Å². The minimum Gasteiger partial charge on any atom is -0.327 e. The highest BCUT2D eigenvalue weighted by atomic mass is 31.2. The van der Waals surface area contributed by atoms with E-state index < -0.39 is 7.60 Å². The predicted molar refractivity (Wildman–Crippen MR) is 67.8 cm³/mol. The lowest BCUT2D eigenvalue weighted by molar-refractivity contribution is 0.218. The maximum atomic E-state index is 12.1. The maximum Gasteiger partial charge on any atom is 0.332 e. The summed E-state index contributed by atoms with van der Waals surface area (Å²) in [6.45, 7) is 8.72. The summed E-state index contributed by atoms with van der Waals surface area (Å²) in [7, 11) is -2.96. The highest BCUT2D eigenvalue weighted by Gasteiger charge is 2.26. The molecule has 0 saturated carbocycles. The van der Waals surface area contributed by atoms with Crippen LogP contribution in [0.4, 0.5) is 0 Å². The molecule has 0 aromatic carbocycles. The van der Waals surface area contributed by atoms with Gasteiger partial charge < -0.3 is 14.8 Å². The Bertz CT molecular complexity index is 211. The van der Waals surface area contributed by atoms with Crippen molar-refractivity contribution in [2.45, 2.75) is 46.6 Å². The van der Waals surface area contributed by atoms with Gasteiger partial charge in [0.2, 0.25) is 0 Å². The number of nitrogens with two attached hydrogens (primary N) is 1. The van der Waals surface area contributed by atoms with Gasteiger partial charge in [-0.1, -0.05) is 13.8 Å². The second-order valence-electron chi connectivity index (χ2n) is 4.36. The van der Waals surface area contributed by atoms with Crippen molar-refractivity contribution in [3.05, 3.63) is 0 Å². The lowest BCUT2D eigenvalue weighted by Gasteiger charge is -2.21. The molecule has 2 N–H and O–H groups in total. The molecule has 4 nitrogen and oxygen atoms in total. The van der Waals surface area contributed by atoms with Gasteiger partial charge in [0.1, 0.15) is 0 Å². The van der Waals surface area contributed by atoms with E-state index in [4.69, 9.17) is 14.8 Å². The predicted octanol–water partition coefficient (Wildman–Crippen LogP) is 3.02. The Hall–Kier alpha value is 0.110. The summed E-state index contributed by atoms with van der Waals surface area (Å²) in [6.07, 6.45) is 2.22. The van der Waals surface area contributed by atoms with E-state index in [-0.39, 0.29) is 6.04 Å². The van der Waals surface area contributed by atoms with Gasteiger partial charge in [-0.25, -0.2) is 0 Å². The fourth-order valence-corrected chi connectivity index (χ4v) is 3.29. The van der Waals surface area contributed by atoms with E-state index in [1.807, 2.05) is 13.8 Å². The molecule has 1 unspecified atom stereocenters. The fraction of sp³-hybridized carbons (Fsp3) is 1.00. The molecule has 0 aromatic rings. The van der Waals surface area contributed by atoms with Gasteiger partial charge in [-0.2, -0.15) is 0 Å². The first-order valence-electron chi connectivity index (χ1n) is 6.07. The van der Waals surface area contributed by atoms with E-state index in [9.17, 15) is 4.57 Å². The third kappa shape index (κ3) is 7.39. The summed E-state index contributed by atoms with van der Waals surface area (Å²) in [5, 5.41) is 0. The van der Waals surface area contributed by atoms with Crippen molar-refractivity contribution in [1.29, 1.82) is 0 Å². The van der Waals surface area contributed by atoms with E-state index >= 15 is 0 Å². The topological polar surface area (TPSA) is 61.5 Å². The van der Waals surface area contributed by atoms with Crippen LogP contribution in [0.3, 0.4) is 0 Å². The molecular formula is C11H26NO3P. The van der Waals surface area contributed by atoms with Crippen LogP contribution in [0.1, 0.15) is 40.5 Å². The average molecular weight is 251 g/mol. The van der Waals surface area contributed by atoms with Crippen molar-refractivity contribution >= 4 is 7.60 Å². The Labute approximate surface area is 99.4 Å². The number of rotatable bonds is 9. The fourth-order valence-electron chi connectivity index (χ4n) is 1.46. The molecular weight excluding hydrogens is 225 g/mol. The Kier molecular flexibility index (Phi) is 8.29. The number of hydrogen-bond donors (Lipinski definition) is 1. The van der Waals surface area contributed by atoms with Crippen LogP contribution in [0.25, 0.3) is 0 Å². The van der Waals surface area contributed by atoms with Crippen LogP contribution in [0.2, 0.25) is 0 Å². The first kappa shape index (κ1) is 16.1. The van der Waals surface area contributed by atoms with Crippen LogP contribution in [0.5, 0.6) is 0 Å². The van der Waals surface area contributed by atoms with Crippen molar-refractivity contribution in [3.63, 3.8) is 0 Å². The summed E-state index contributed by atoms with van der Waals surface area (Å²) in [4.78, 5) is 0. The molecule has 0 aromatic heterocycles. The van der Waals surface area contributed by atoms with Crippen LogP contribution in [-0.4, -0.2) is 25.4 Å². The van der Waals surface area contributed by atoms with Gasteiger partial charge in [0, 0.05) is 6.04 Å². The molecule has 0 amide bonds. The molecule has 0 aliphatic heterocycles. The van der Waals surface area contributed by atoms with Gasteiger partial charge >= 0.3 is 7.60 Å². The van der Waals surface area contributed by atoms with Gasteiger partial charge in [0.25, 0.3) is 0 Å². The molecule has 98 valence electrons. The smallest absolute Gasteiger partial charge is 0.327 e. The molecule has 0 bridgehead atoms. The summed E-state index contributed by atoms with van der Waals surface area (Å²) in [5.74, 6) is 0.615. The molecule has 0 heterocycles. The first-order valence-corrected chi connectivity index (χ1v) is 7.80. The van der Waals surface area contributed by atoms with Gasteiger partial charge in [-0.15, -0.1) is 0 Å². The van der Waals surface area contributed by atoms with Crippen LogP contribution < -0.4 is 5.73 Å². The minimum atomic E-state index is -2.96. The van der Waals surface area contributed by atoms with Gasteiger partial charge in [0.15, 0.2) is 0 Å². The van der Waals surface area contributed by atoms with Crippen LogP contribution >= 0.6 is 7.60 Å². The van der Waals surface area contributed by atoms with E-state index in [1.165, 1.54) is 0 Å². The summed E-state index contributed by atoms with van der Waals surface area (Å²) >= 11 is 0. The molecule has 0 rings (SSSR count). The standard InChI is InChI=1S/C11H26NO3P/c1-5-14-16(13,15-6-2)9-11(12)8-7-10(3)4/h10-11H,5-9,12H2,1-4H3. The highest BCUT2D eigenvalue weighted by molar-refractivity contribution is 7.53. The quantitative estimate of drug-likeness (QED) is 0.640. The van der Waals surface area contributed by atoms with E-state index in [0.29, 0.717) is 25.3 Å². The molecule has 5 heteroatoms. The lowest BCUT2D eigenvalue weighted by Crippen LogP contribution is -2.26. The summed E-state index contributed by atoms with van der Waals surface area (Å²) < 4.78 is 22.5. The van der Waals surface area contributed by atoms with Crippen molar-refractivity contribution in [2.75, 3.05) is 19.4 Å². The van der Waals surface area contributed by atoms with E-state index in [1.54, 1.807) is 0 Å². The molecule has 0 saturated heterocycles. The zero-order valence-electron chi connectivity index (χ0n) is 10.9. The lowest BCUT2D eigenvalue weighted by atomic mass is 10.1. The zero-order chi connectivity index (χ0) is 12.6. The molecule has 0 radical (unpaired) electrons. The Morgan fingerprint density at radius 3 is 2.00 bits per heavy atom. The van der Waals surface area contributed by atoms with E-state index in [2.05, 4.69) is 13.8 Å². The molecule has 1 atom stereocenters. The SMILES string of the molecule is CCOP(=O)(CC(N)CCC(C)C)OCC. The Morgan fingerprint density at radius 2 is 1.62 bits per heavy atom. The third-order valence-corrected chi connectivity index (χ3v) is 4.44. The molecule has 0 fully saturated rings. The van der Waals surface area contributed by atoms with Crippen molar-refractivity contribution in [1.82, 2.24) is 0 Å². The van der Waals surface area contributed by atoms with Crippen molar-refractivity contribution in [2.24, 2.45) is 11.7 Å². The van der Waals surface area contributed by atoms with Gasteiger partial charge in [-0.05, 0) is 32.6 Å². The Morgan fingerprint density at radius 1 is 1.12 bits per heavy atom. The molecule has 0 spiro atoms. The molecule has 0 aliphatic carbocycles. The Balaban J connectivity index is 4.12. The summed E-state index contributed by atoms with van der Waals surface area (Å²) in [6, 6.07) is -0.105. The highest BCUT2D eigenvalue weighted by Crippen LogP contribution is 2.48. The third-order valence-electron chi connectivity index (χ3n) is 2.22. The van der Waals surface area contributed by atoms with Crippen LogP contribution in [0, 0.1) is 5.92 Å². The van der Waals surface area contributed by atoms with E-state index in [0.717, 1.165) is 12.8 Å². The number of hydrogen-bond acceptors (Lipinski definition) is 4. The average Bonchev–Trinajstić information content (AvgIpc) is 2.15. The maximum absolute atomic E-state index is 12.1. The van der Waals surface area contributed by atoms with Gasteiger partial charge in [0.05, 0.1) is 19.4 Å². The van der Waals surface area contributed by atoms with Crippen molar-refractivity contribution in [3.8, 4) is 0 Å². The largest absolute Gasteiger partial charge is 0.332 e. The zero-order valence-corrected chi connectivity index (χ0v) is 11.8. The second-order valence-corrected chi connectivity index (χ2v) is 6.46. The normalized spacial score (nSPS) is 14.4. The molecule has 0 aliphatic rings. The summed E-state index contributed by atoms with van der Waals surface area (Å²) in [5.41, 5.74) is 5.94. The molecule has 16 heavy (non-hydrogen) atoms. The van der Waals surface area contributed by atoms with Crippen LogP contribution in [-0.2, 0) is 13.6 Å². The van der Waals surface area contributed by atoms with Gasteiger partial charge in [-0.3, -0.25) is 4.57 Å². The minimum absolute atomic E-state index is 0.105. The second kappa shape index (κ2) is 8.24. The first-order chi connectivity index (χ1) is 7.43. The van der Waals surface area contributed by atoms with Crippen LogP contribution in [0.15, 0.2) is 0 Å². The monoisotopic (exact) mass is 251 g/mol.